The first kappa shape index (κ1) is 18.3. The van der Waals surface area contributed by atoms with Gasteiger partial charge in [0.1, 0.15) is 0 Å². The number of carbonyl (C=O) groups is 1. The molecule has 3 rings (SSSR count). The summed E-state index contributed by atoms with van der Waals surface area (Å²) in [5.74, 6) is 0.813. The Morgan fingerprint density at radius 1 is 1.33 bits per heavy atom. The van der Waals surface area contributed by atoms with Crippen LogP contribution in [0.3, 0.4) is 0 Å². The van der Waals surface area contributed by atoms with Crippen molar-refractivity contribution < 1.29 is 9.07 Å². The van der Waals surface area contributed by atoms with Gasteiger partial charge in [-0.3, -0.25) is 0 Å². The Morgan fingerprint density at radius 3 is 2.67 bits per heavy atom. The van der Waals surface area contributed by atoms with Gasteiger partial charge in [-0.05, 0) is 63.7 Å². The van der Waals surface area contributed by atoms with Crippen LogP contribution < -0.4 is 11.1 Å². The second-order valence-electron chi connectivity index (χ2n) is 6.29. The minimum atomic E-state index is -0.338. The lowest BCUT2D eigenvalue weighted by molar-refractivity contribution is 0.213. The van der Waals surface area contributed by atoms with Gasteiger partial charge in [-0.2, -0.15) is 0 Å². The van der Waals surface area contributed by atoms with Gasteiger partial charge in [-0.25, -0.2) is 4.79 Å². The van der Waals surface area contributed by atoms with Crippen molar-refractivity contribution in [2.24, 2.45) is 11.7 Å². The van der Waals surface area contributed by atoms with Crippen LogP contribution in [0.4, 0.5) is 4.79 Å². The average Bonchev–Trinajstić information content (AvgIpc) is 3.00. The number of nitrogens with one attached hydrogen (secondary N) is 2. The topological polar surface area (TPSA) is 74.2 Å². The van der Waals surface area contributed by atoms with Crippen LogP contribution in [0.5, 0.6) is 0 Å². The molecule has 1 aromatic heterocycles. The summed E-state index contributed by atoms with van der Waals surface area (Å²) in [5, 5.41) is 4.88. The number of H-pyrrole nitrogens is 1. The van der Waals surface area contributed by atoms with Gasteiger partial charge in [0.15, 0.2) is 0 Å². The molecule has 2 heterocycles. The fraction of sp³-hybridized carbons (Fsp3) is 0.526. The van der Waals surface area contributed by atoms with Gasteiger partial charge in [0.2, 0.25) is 0 Å². The Bertz CT molecular complexity index is 641. The number of primary amides is 1. The van der Waals surface area contributed by atoms with Gasteiger partial charge in [-0.1, -0.05) is 18.2 Å². The highest BCUT2D eigenvalue weighted by atomic mass is 16.2. The third-order valence-corrected chi connectivity index (χ3v) is 4.66. The third-order valence-electron chi connectivity index (χ3n) is 4.66. The van der Waals surface area contributed by atoms with Crippen molar-refractivity contribution in [1.82, 2.24) is 15.2 Å². The number of nitrogens with zero attached hydrogens (tertiary/aromatic N) is 1. The molecule has 1 aliphatic rings. The van der Waals surface area contributed by atoms with Crippen LogP contribution in [0.15, 0.2) is 30.5 Å². The molecule has 0 spiro atoms. The van der Waals surface area contributed by atoms with E-state index >= 15 is 0 Å². The number of benzene rings is 1. The van der Waals surface area contributed by atoms with Crippen LogP contribution in [0.25, 0.3) is 10.9 Å². The number of rotatable bonds is 4. The molecule has 2 aromatic rings. The number of hydrogen-bond donors (Lipinski definition) is 3. The lowest BCUT2D eigenvalue weighted by Gasteiger charge is -2.22. The van der Waals surface area contributed by atoms with E-state index in [2.05, 4.69) is 40.8 Å². The predicted octanol–water partition coefficient (Wildman–Crippen LogP) is 3.85. The molecule has 1 aliphatic heterocycles. The van der Waals surface area contributed by atoms with E-state index in [1.807, 2.05) is 13.8 Å². The van der Waals surface area contributed by atoms with E-state index in [1.165, 1.54) is 48.8 Å². The normalized spacial score (nSPS) is 17.2. The Kier molecular flexibility index (Phi) is 7.12. The summed E-state index contributed by atoms with van der Waals surface area (Å²) in [6.07, 6.45) is 6.08. The van der Waals surface area contributed by atoms with Gasteiger partial charge < -0.3 is 20.9 Å². The van der Waals surface area contributed by atoms with E-state index in [-0.39, 0.29) is 10.3 Å². The summed E-state index contributed by atoms with van der Waals surface area (Å²) in [5.41, 5.74) is 7.69. The lowest BCUT2D eigenvalue weighted by Crippen LogP contribution is -2.35. The molecule has 1 aromatic carbocycles. The first-order valence-corrected chi connectivity index (χ1v) is 8.95. The van der Waals surface area contributed by atoms with E-state index in [9.17, 15) is 4.79 Å². The number of nitrogens with two attached hydrogens (primary N) is 1. The summed E-state index contributed by atoms with van der Waals surface area (Å²) in [6.45, 7) is 7.57. The van der Waals surface area contributed by atoms with Gasteiger partial charge in [0.25, 0.3) is 0 Å². The fourth-order valence-corrected chi connectivity index (χ4v) is 3.24. The largest absolute Gasteiger partial charge is 0.361 e. The number of amides is 2. The zero-order chi connectivity index (χ0) is 17.4. The van der Waals surface area contributed by atoms with E-state index in [0.717, 1.165) is 5.92 Å². The molecular formula is C19H36N4O. The first-order chi connectivity index (χ1) is 11.7. The number of hydrogen-bond acceptors (Lipinski definition) is 2. The fourth-order valence-electron chi connectivity index (χ4n) is 3.24. The number of aromatic amines is 1. The van der Waals surface area contributed by atoms with Crippen molar-refractivity contribution in [3.8, 4) is 0 Å². The summed E-state index contributed by atoms with van der Waals surface area (Å²) in [6, 6.07) is 8.24. The summed E-state index contributed by atoms with van der Waals surface area (Å²) in [7, 11) is 0. The second-order valence-corrected chi connectivity index (χ2v) is 6.29. The van der Waals surface area contributed by atoms with Crippen LogP contribution in [-0.2, 0) is 6.42 Å². The van der Waals surface area contributed by atoms with Gasteiger partial charge >= 0.3 is 6.03 Å². The molecule has 1 fully saturated rings. The highest BCUT2D eigenvalue weighted by molar-refractivity contribution is 5.83. The molecule has 2 amide bonds. The van der Waals surface area contributed by atoms with Crippen LogP contribution in [0.1, 0.15) is 36.5 Å². The first-order valence-electron chi connectivity index (χ1n) is 8.95. The number of para-hydroxylation sites is 1. The molecule has 0 unspecified atom stereocenters. The maximum absolute atomic E-state index is 10.3. The van der Waals surface area contributed by atoms with Crippen molar-refractivity contribution in [3.63, 3.8) is 0 Å². The van der Waals surface area contributed by atoms with E-state index in [4.69, 9.17) is 5.73 Å². The van der Waals surface area contributed by atoms with Gasteiger partial charge in [0, 0.05) is 34.5 Å². The van der Waals surface area contributed by atoms with Gasteiger partial charge in [0.05, 0.1) is 0 Å². The molecule has 5 nitrogen and oxygen atoms in total. The molecular weight excluding hydrogens is 300 g/mol. The molecule has 138 valence electrons. The Balaban J connectivity index is 0. The third kappa shape index (κ3) is 4.99. The zero-order valence-corrected chi connectivity index (χ0v) is 14.8. The highest BCUT2D eigenvalue weighted by Gasteiger charge is 2.15. The molecule has 0 aliphatic carbocycles. The van der Waals surface area contributed by atoms with Crippen LogP contribution in [-0.4, -0.2) is 42.1 Å². The predicted molar refractivity (Wildman–Crippen MR) is 106 cm³/mol. The highest BCUT2D eigenvalue weighted by Crippen LogP contribution is 2.23. The van der Waals surface area contributed by atoms with Crippen LogP contribution in [0, 0.1) is 5.92 Å². The quantitative estimate of drug-likeness (QED) is 0.793. The number of urea groups is 1. The molecule has 24 heavy (non-hydrogen) atoms. The second kappa shape index (κ2) is 9.33. The van der Waals surface area contributed by atoms with Crippen LogP contribution in [0.2, 0.25) is 0 Å². The van der Waals surface area contributed by atoms with Crippen molar-refractivity contribution in [3.05, 3.63) is 36.0 Å². The summed E-state index contributed by atoms with van der Waals surface area (Å²) >= 11 is 0. The standard InChI is InChI=1S/C14H18N2.C5H12N2O.3H2/c1-2-6-14-13(5-1)12(10-16-14)8-11-4-3-7-15-9-11;1-3-7(4-2)5(6)8;;;/h1-2,5-6,10-11,15-16H,3-4,7-9H2;3-4H2,1-2H3,(H2,6,8);3*1H/t11-;;;;/m0..../s1. The zero-order valence-electron chi connectivity index (χ0n) is 14.8. The molecule has 5 heteroatoms. The summed E-state index contributed by atoms with van der Waals surface area (Å²) in [4.78, 5) is 15.2. The summed E-state index contributed by atoms with van der Waals surface area (Å²) < 4.78 is 0. The van der Waals surface area contributed by atoms with E-state index < -0.39 is 0 Å². The Hall–Kier alpha value is -2.01. The monoisotopic (exact) mass is 336 g/mol. The molecule has 1 saturated heterocycles. The maximum Gasteiger partial charge on any atom is 0.314 e. The number of aromatic nitrogens is 1. The van der Waals surface area contributed by atoms with E-state index in [1.54, 1.807) is 4.90 Å². The molecule has 1 atom stereocenters. The Labute approximate surface area is 149 Å². The molecule has 0 saturated carbocycles. The molecule has 0 radical (unpaired) electrons. The SMILES string of the molecule is CCN(CC)C(N)=O.[HH].[HH].[HH].c1ccc2c(C[C@@H]3CCCNC3)c[nH]c2c1. The average molecular weight is 337 g/mol. The Morgan fingerprint density at radius 2 is 2.08 bits per heavy atom. The number of fused-ring (bicyclic) bond motifs is 1. The van der Waals surface area contributed by atoms with E-state index in [0.29, 0.717) is 13.1 Å². The minimum Gasteiger partial charge on any atom is -0.361 e. The van der Waals surface area contributed by atoms with Crippen molar-refractivity contribution >= 4 is 16.9 Å². The molecule has 4 N–H and O–H groups in total. The van der Waals surface area contributed by atoms with Crippen LogP contribution >= 0.6 is 0 Å². The maximum atomic E-state index is 10.3. The number of piperidine rings is 1. The van der Waals surface area contributed by atoms with Crippen molar-refractivity contribution in [2.45, 2.75) is 33.1 Å². The van der Waals surface area contributed by atoms with Crippen molar-refractivity contribution in [1.29, 1.82) is 0 Å². The van der Waals surface area contributed by atoms with Crippen molar-refractivity contribution in [2.75, 3.05) is 26.2 Å². The van der Waals surface area contributed by atoms with Gasteiger partial charge in [-0.15, -0.1) is 0 Å². The number of carbonyl (C=O) groups excluding carboxylic acids is 1. The molecule has 0 bridgehead atoms. The smallest absolute Gasteiger partial charge is 0.314 e. The minimum absolute atomic E-state index is 0. The lowest BCUT2D eigenvalue weighted by atomic mass is 9.92.